The van der Waals surface area contributed by atoms with Crippen molar-refractivity contribution >= 4 is 11.5 Å². The van der Waals surface area contributed by atoms with E-state index >= 15 is 0 Å². The molecule has 2 aromatic rings. The molecule has 3 nitrogen and oxygen atoms in total. The Kier molecular flexibility index (Phi) is 2.79. The molecule has 0 saturated carbocycles. The van der Waals surface area contributed by atoms with E-state index in [-0.39, 0.29) is 6.04 Å². The highest BCUT2D eigenvalue weighted by Crippen LogP contribution is 2.24. The van der Waals surface area contributed by atoms with Crippen LogP contribution in [0.15, 0.2) is 23.6 Å². The summed E-state index contributed by atoms with van der Waals surface area (Å²) in [6.45, 7) is 4.14. The van der Waals surface area contributed by atoms with Crippen molar-refractivity contribution in [2.24, 2.45) is 5.73 Å². The summed E-state index contributed by atoms with van der Waals surface area (Å²) in [6.07, 6.45) is 0. The topological polar surface area (TPSA) is 51.8 Å². The molecular formula is C11H13N3S. The summed E-state index contributed by atoms with van der Waals surface area (Å²) in [6, 6.07) is 6.02. The Morgan fingerprint density at radius 2 is 1.93 bits per heavy atom. The third-order valence-electron chi connectivity index (χ3n) is 2.55. The highest BCUT2D eigenvalue weighted by molar-refractivity contribution is 7.03. The van der Waals surface area contributed by atoms with Gasteiger partial charge in [-0.25, -0.2) is 0 Å². The largest absolute Gasteiger partial charge is 0.319 e. The van der Waals surface area contributed by atoms with Crippen LogP contribution in [-0.4, -0.2) is 9.59 Å². The van der Waals surface area contributed by atoms with Gasteiger partial charge in [0.15, 0.2) is 0 Å². The molecule has 1 heterocycles. The Hall–Kier alpha value is -1.26. The fourth-order valence-electron chi connectivity index (χ4n) is 1.77. The van der Waals surface area contributed by atoms with Crippen LogP contribution in [0.2, 0.25) is 0 Å². The van der Waals surface area contributed by atoms with Gasteiger partial charge in [-0.15, -0.1) is 5.10 Å². The number of benzene rings is 1. The normalized spacial score (nSPS) is 12.7. The Balaban J connectivity index is 2.46. The van der Waals surface area contributed by atoms with E-state index in [2.05, 4.69) is 35.6 Å². The molecule has 1 atom stereocenters. The van der Waals surface area contributed by atoms with Crippen molar-refractivity contribution in [3.8, 4) is 0 Å². The second kappa shape index (κ2) is 4.08. The number of aromatic nitrogens is 2. The molecule has 2 rings (SSSR count). The summed E-state index contributed by atoms with van der Waals surface area (Å²) in [5.41, 5.74) is 10.6. The zero-order chi connectivity index (χ0) is 10.8. The molecule has 0 spiro atoms. The van der Waals surface area contributed by atoms with E-state index in [1.54, 1.807) is 0 Å². The van der Waals surface area contributed by atoms with Gasteiger partial charge < -0.3 is 5.73 Å². The van der Waals surface area contributed by atoms with Gasteiger partial charge in [-0.2, -0.15) is 0 Å². The van der Waals surface area contributed by atoms with Crippen molar-refractivity contribution in [3.63, 3.8) is 0 Å². The smallest absolute Gasteiger partial charge is 0.0968 e. The fourth-order valence-corrected chi connectivity index (χ4v) is 2.26. The Morgan fingerprint density at radius 1 is 1.27 bits per heavy atom. The van der Waals surface area contributed by atoms with Gasteiger partial charge in [0.1, 0.15) is 0 Å². The molecule has 0 aliphatic carbocycles. The molecule has 0 aliphatic rings. The molecule has 1 aromatic heterocycles. The first kappa shape index (κ1) is 10.3. The second-order valence-corrected chi connectivity index (χ2v) is 4.22. The molecule has 0 radical (unpaired) electrons. The third-order valence-corrected chi connectivity index (χ3v) is 3.07. The molecule has 78 valence electrons. The van der Waals surface area contributed by atoms with E-state index < -0.39 is 0 Å². The van der Waals surface area contributed by atoms with Gasteiger partial charge in [0.05, 0.1) is 11.7 Å². The number of hydrogen-bond donors (Lipinski definition) is 1. The number of hydrogen-bond acceptors (Lipinski definition) is 4. The number of nitrogens with two attached hydrogens (primary N) is 1. The SMILES string of the molecule is Cc1cccc(C)c1C(N)c1csnn1. The monoisotopic (exact) mass is 219 g/mol. The van der Waals surface area contributed by atoms with Crippen molar-refractivity contribution in [3.05, 3.63) is 46.0 Å². The van der Waals surface area contributed by atoms with Crippen LogP contribution in [-0.2, 0) is 0 Å². The maximum atomic E-state index is 6.17. The van der Waals surface area contributed by atoms with Crippen LogP contribution in [0.1, 0.15) is 28.4 Å². The number of nitrogens with zero attached hydrogens (tertiary/aromatic N) is 2. The third kappa shape index (κ3) is 1.91. The minimum atomic E-state index is -0.162. The zero-order valence-electron chi connectivity index (χ0n) is 8.77. The summed E-state index contributed by atoms with van der Waals surface area (Å²) >= 11 is 1.33. The van der Waals surface area contributed by atoms with Crippen molar-refractivity contribution in [1.29, 1.82) is 0 Å². The number of rotatable bonds is 2. The average Bonchev–Trinajstić information content (AvgIpc) is 2.69. The molecular weight excluding hydrogens is 206 g/mol. The molecule has 0 bridgehead atoms. The van der Waals surface area contributed by atoms with Crippen LogP contribution in [0.25, 0.3) is 0 Å². The van der Waals surface area contributed by atoms with Gasteiger partial charge in [0, 0.05) is 5.38 Å². The Morgan fingerprint density at radius 3 is 2.47 bits per heavy atom. The van der Waals surface area contributed by atoms with Crippen LogP contribution in [0.4, 0.5) is 0 Å². The lowest BCUT2D eigenvalue weighted by Gasteiger charge is -2.14. The van der Waals surface area contributed by atoms with E-state index in [1.807, 2.05) is 11.4 Å². The summed E-state index contributed by atoms with van der Waals surface area (Å²) in [5.74, 6) is 0. The molecule has 0 aliphatic heterocycles. The predicted molar refractivity (Wildman–Crippen MR) is 61.9 cm³/mol. The van der Waals surface area contributed by atoms with E-state index in [4.69, 9.17) is 5.73 Å². The molecule has 0 fully saturated rings. The summed E-state index contributed by atoms with van der Waals surface area (Å²) in [5, 5.41) is 5.92. The average molecular weight is 219 g/mol. The van der Waals surface area contributed by atoms with Crippen molar-refractivity contribution in [2.75, 3.05) is 0 Å². The van der Waals surface area contributed by atoms with Crippen LogP contribution in [0.3, 0.4) is 0 Å². The van der Waals surface area contributed by atoms with Crippen LogP contribution >= 0.6 is 11.5 Å². The molecule has 2 N–H and O–H groups in total. The minimum Gasteiger partial charge on any atom is -0.319 e. The predicted octanol–water partition coefficient (Wildman–Crippen LogP) is 2.20. The second-order valence-electron chi connectivity index (χ2n) is 3.61. The lowest BCUT2D eigenvalue weighted by molar-refractivity contribution is 0.804. The molecule has 15 heavy (non-hydrogen) atoms. The molecule has 1 aromatic carbocycles. The maximum absolute atomic E-state index is 6.17. The lowest BCUT2D eigenvalue weighted by atomic mass is 9.95. The summed E-state index contributed by atoms with van der Waals surface area (Å²) in [7, 11) is 0. The van der Waals surface area contributed by atoms with Crippen molar-refractivity contribution < 1.29 is 0 Å². The minimum absolute atomic E-state index is 0.162. The molecule has 0 amide bonds. The first-order valence-electron chi connectivity index (χ1n) is 4.79. The van der Waals surface area contributed by atoms with Gasteiger partial charge in [-0.05, 0) is 42.1 Å². The molecule has 1 unspecified atom stereocenters. The Bertz CT molecular complexity index is 431. The van der Waals surface area contributed by atoms with E-state index in [1.165, 1.54) is 22.7 Å². The molecule has 4 heteroatoms. The standard InChI is InChI=1S/C11H13N3S/c1-7-4-3-5-8(2)10(7)11(12)9-6-15-14-13-9/h3-6,11H,12H2,1-2H3. The van der Waals surface area contributed by atoms with Gasteiger partial charge in [0.25, 0.3) is 0 Å². The number of aryl methyl sites for hydroxylation is 2. The quantitative estimate of drug-likeness (QED) is 0.842. The highest BCUT2D eigenvalue weighted by Gasteiger charge is 2.15. The van der Waals surface area contributed by atoms with Crippen LogP contribution in [0, 0.1) is 13.8 Å². The highest BCUT2D eigenvalue weighted by atomic mass is 32.1. The zero-order valence-corrected chi connectivity index (χ0v) is 9.58. The van der Waals surface area contributed by atoms with Crippen molar-refractivity contribution in [1.82, 2.24) is 9.59 Å². The van der Waals surface area contributed by atoms with Crippen molar-refractivity contribution in [2.45, 2.75) is 19.9 Å². The van der Waals surface area contributed by atoms with Gasteiger partial charge in [-0.1, -0.05) is 22.7 Å². The van der Waals surface area contributed by atoms with Crippen LogP contribution < -0.4 is 5.73 Å². The van der Waals surface area contributed by atoms with E-state index in [0.29, 0.717) is 0 Å². The van der Waals surface area contributed by atoms with E-state index in [9.17, 15) is 0 Å². The van der Waals surface area contributed by atoms with Gasteiger partial charge in [0.2, 0.25) is 0 Å². The summed E-state index contributed by atoms with van der Waals surface area (Å²) < 4.78 is 3.84. The van der Waals surface area contributed by atoms with Gasteiger partial charge in [-0.3, -0.25) is 0 Å². The first-order valence-corrected chi connectivity index (χ1v) is 5.62. The molecule has 0 saturated heterocycles. The lowest BCUT2D eigenvalue weighted by Crippen LogP contribution is -2.15. The summed E-state index contributed by atoms with van der Waals surface area (Å²) in [4.78, 5) is 0. The fraction of sp³-hybridized carbons (Fsp3) is 0.273. The van der Waals surface area contributed by atoms with Crippen LogP contribution in [0.5, 0.6) is 0 Å². The van der Waals surface area contributed by atoms with Gasteiger partial charge >= 0.3 is 0 Å². The first-order chi connectivity index (χ1) is 7.20. The Labute approximate surface area is 93.1 Å². The van der Waals surface area contributed by atoms with E-state index in [0.717, 1.165) is 11.3 Å². The maximum Gasteiger partial charge on any atom is 0.0968 e.